The zero-order valence-corrected chi connectivity index (χ0v) is 18.6. The zero-order chi connectivity index (χ0) is 20.4. The van der Waals surface area contributed by atoms with E-state index in [0.717, 1.165) is 11.1 Å². The normalized spacial score (nSPS) is 13.4. The number of nitrogens with zero attached hydrogens (tertiary/aromatic N) is 1. The largest absolute Gasteiger partial charge is 0.395 e. The Kier molecular flexibility index (Phi) is 9.67. The summed E-state index contributed by atoms with van der Waals surface area (Å²) in [4.78, 5) is 14.3. The van der Waals surface area contributed by atoms with Gasteiger partial charge in [-0.05, 0) is 45.9 Å². The highest BCUT2D eigenvalue weighted by molar-refractivity contribution is 14.1. The average Bonchev–Trinajstić information content (AvgIpc) is 2.70. The number of amides is 1. The summed E-state index contributed by atoms with van der Waals surface area (Å²) in [5.74, 6) is 0.142. The second kappa shape index (κ2) is 12.0. The number of ether oxygens (including phenoxy) is 1. The van der Waals surface area contributed by atoms with Gasteiger partial charge in [-0.2, -0.15) is 0 Å². The van der Waals surface area contributed by atoms with E-state index >= 15 is 0 Å². The Hall–Kier alpha value is -1.70. The Balaban J connectivity index is 1.96. The summed E-state index contributed by atoms with van der Waals surface area (Å²) in [6, 6.07) is 18.1. The molecule has 2 aromatic rings. The van der Waals surface area contributed by atoms with Crippen molar-refractivity contribution in [3.8, 4) is 0 Å². The molecular weight excluding hydrogens is 465 g/mol. The molecule has 0 aliphatic carbocycles. The van der Waals surface area contributed by atoms with E-state index in [1.165, 1.54) is 3.57 Å². The molecule has 0 fully saturated rings. The Morgan fingerprint density at radius 1 is 1.18 bits per heavy atom. The molecule has 0 unspecified atom stereocenters. The van der Waals surface area contributed by atoms with Crippen molar-refractivity contribution < 1.29 is 14.6 Å². The van der Waals surface area contributed by atoms with Crippen LogP contribution in [0, 0.1) is 9.49 Å². The van der Waals surface area contributed by atoms with Crippen LogP contribution in [0.1, 0.15) is 30.6 Å². The maximum Gasteiger partial charge on any atom is 0.226 e. The number of aliphatic hydroxyl groups excluding tert-OH is 1. The molecule has 150 valence electrons. The van der Waals surface area contributed by atoms with Crippen LogP contribution >= 0.6 is 22.6 Å². The van der Waals surface area contributed by atoms with Gasteiger partial charge >= 0.3 is 0 Å². The second-order valence-corrected chi connectivity index (χ2v) is 7.97. The van der Waals surface area contributed by atoms with Crippen LogP contribution in [0.15, 0.2) is 66.7 Å². The summed E-state index contributed by atoms with van der Waals surface area (Å²) in [6.45, 7) is 2.88. The Morgan fingerprint density at radius 3 is 2.46 bits per heavy atom. The lowest BCUT2D eigenvalue weighted by Crippen LogP contribution is -2.32. The number of hydrogen-bond acceptors (Lipinski definition) is 3. The lowest BCUT2D eigenvalue weighted by Gasteiger charge is -2.22. The monoisotopic (exact) mass is 493 g/mol. The van der Waals surface area contributed by atoms with E-state index in [4.69, 9.17) is 4.74 Å². The van der Waals surface area contributed by atoms with E-state index in [1.807, 2.05) is 42.5 Å². The topological polar surface area (TPSA) is 49.8 Å². The molecule has 0 saturated heterocycles. The van der Waals surface area contributed by atoms with Crippen molar-refractivity contribution in [1.82, 2.24) is 4.90 Å². The van der Waals surface area contributed by atoms with Crippen molar-refractivity contribution in [2.45, 2.75) is 26.0 Å². The lowest BCUT2D eigenvalue weighted by molar-refractivity contribution is -0.131. The van der Waals surface area contributed by atoms with Crippen LogP contribution < -0.4 is 0 Å². The Morgan fingerprint density at radius 2 is 1.86 bits per heavy atom. The van der Waals surface area contributed by atoms with Gasteiger partial charge in [0.25, 0.3) is 0 Å². The predicted octanol–water partition coefficient (Wildman–Crippen LogP) is 4.58. The van der Waals surface area contributed by atoms with Crippen molar-refractivity contribution in [2.75, 3.05) is 20.3 Å². The van der Waals surface area contributed by atoms with Gasteiger partial charge in [0.15, 0.2) is 0 Å². The van der Waals surface area contributed by atoms with E-state index in [0.29, 0.717) is 19.5 Å². The van der Waals surface area contributed by atoms with Gasteiger partial charge in [0.05, 0.1) is 12.7 Å². The number of benzene rings is 2. The van der Waals surface area contributed by atoms with E-state index in [9.17, 15) is 9.90 Å². The Bertz CT molecular complexity index is 746. The first kappa shape index (κ1) is 22.6. The average molecular weight is 493 g/mol. The quantitative estimate of drug-likeness (QED) is 0.390. The fraction of sp³-hybridized carbons (Fsp3) is 0.348. The standard InChI is InChI=1S/C23H28INO3/c1-18(23(28-2)20-11-13-21(24)14-12-20)7-6-10-22(27)25(15-16-26)17-19-8-4-3-5-9-19/h3-9,11-14,18,23,26H,10,15-17H2,1-2H3/b7-6+/t18-,23+/m1/s1. The molecular formula is C23H28INO3. The fourth-order valence-electron chi connectivity index (χ4n) is 3.14. The van der Waals surface area contributed by atoms with Crippen molar-refractivity contribution in [3.63, 3.8) is 0 Å². The maximum atomic E-state index is 12.6. The molecule has 0 bridgehead atoms. The maximum absolute atomic E-state index is 12.6. The smallest absolute Gasteiger partial charge is 0.226 e. The molecule has 0 aliphatic heterocycles. The van der Waals surface area contributed by atoms with Gasteiger partial charge in [0.1, 0.15) is 0 Å². The van der Waals surface area contributed by atoms with Gasteiger partial charge in [-0.15, -0.1) is 0 Å². The molecule has 0 saturated carbocycles. The van der Waals surface area contributed by atoms with Crippen molar-refractivity contribution in [3.05, 3.63) is 81.4 Å². The van der Waals surface area contributed by atoms with Crippen molar-refractivity contribution in [1.29, 1.82) is 0 Å². The molecule has 28 heavy (non-hydrogen) atoms. The van der Waals surface area contributed by atoms with E-state index < -0.39 is 0 Å². The molecule has 1 N–H and O–H groups in total. The minimum Gasteiger partial charge on any atom is -0.395 e. The molecule has 0 radical (unpaired) electrons. The van der Waals surface area contributed by atoms with Gasteiger partial charge in [0, 0.05) is 36.1 Å². The van der Waals surface area contributed by atoms with Gasteiger partial charge in [-0.3, -0.25) is 4.79 Å². The third kappa shape index (κ3) is 7.04. The highest BCUT2D eigenvalue weighted by Crippen LogP contribution is 2.27. The third-order valence-corrected chi connectivity index (χ3v) is 5.32. The number of methoxy groups -OCH3 is 1. The second-order valence-electron chi connectivity index (χ2n) is 6.72. The van der Waals surface area contributed by atoms with E-state index in [1.54, 1.807) is 12.0 Å². The van der Waals surface area contributed by atoms with Gasteiger partial charge in [0.2, 0.25) is 5.91 Å². The molecule has 4 nitrogen and oxygen atoms in total. The molecule has 2 atom stereocenters. The number of carbonyl (C=O) groups excluding carboxylic acids is 1. The minimum atomic E-state index is -0.0544. The third-order valence-electron chi connectivity index (χ3n) is 4.60. The van der Waals surface area contributed by atoms with Crippen LogP contribution in [0.25, 0.3) is 0 Å². The highest BCUT2D eigenvalue weighted by Gasteiger charge is 2.17. The molecule has 1 amide bonds. The van der Waals surface area contributed by atoms with Crippen molar-refractivity contribution >= 4 is 28.5 Å². The van der Waals surface area contributed by atoms with Crippen LogP contribution in [0.4, 0.5) is 0 Å². The van der Waals surface area contributed by atoms with Crippen LogP contribution in [-0.2, 0) is 16.1 Å². The van der Waals surface area contributed by atoms with Crippen LogP contribution in [0.2, 0.25) is 0 Å². The molecule has 2 rings (SSSR count). The summed E-state index contributed by atoms with van der Waals surface area (Å²) in [7, 11) is 1.71. The number of carbonyl (C=O) groups is 1. The highest BCUT2D eigenvalue weighted by atomic mass is 127. The zero-order valence-electron chi connectivity index (χ0n) is 16.4. The van der Waals surface area contributed by atoms with Crippen LogP contribution in [-0.4, -0.2) is 36.2 Å². The van der Waals surface area contributed by atoms with Gasteiger partial charge < -0.3 is 14.7 Å². The number of hydrogen-bond donors (Lipinski definition) is 1. The first-order valence-electron chi connectivity index (χ1n) is 9.42. The van der Waals surface area contributed by atoms with E-state index in [-0.39, 0.29) is 24.5 Å². The van der Waals surface area contributed by atoms with Crippen LogP contribution in [0.5, 0.6) is 0 Å². The predicted molar refractivity (Wildman–Crippen MR) is 121 cm³/mol. The first-order valence-corrected chi connectivity index (χ1v) is 10.5. The van der Waals surface area contributed by atoms with Gasteiger partial charge in [-0.25, -0.2) is 0 Å². The summed E-state index contributed by atoms with van der Waals surface area (Å²) in [5, 5.41) is 9.30. The molecule has 0 aliphatic rings. The molecule has 5 heteroatoms. The first-order chi connectivity index (χ1) is 13.5. The number of aliphatic hydroxyl groups is 1. The molecule has 0 spiro atoms. The Labute approximate surface area is 181 Å². The fourth-order valence-corrected chi connectivity index (χ4v) is 3.50. The van der Waals surface area contributed by atoms with E-state index in [2.05, 4.69) is 53.8 Å². The summed E-state index contributed by atoms with van der Waals surface area (Å²) in [6.07, 6.45) is 4.19. The lowest BCUT2D eigenvalue weighted by atomic mass is 9.96. The molecule has 2 aromatic carbocycles. The summed E-state index contributed by atoms with van der Waals surface area (Å²) in [5.41, 5.74) is 2.18. The minimum absolute atomic E-state index is 0.00425. The molecule has 0 aromatic heterocycles. The van der Waals surface area contributed by atoms with Crippen molar-refractivity contribution in [2.24, 2.45) is 5.92 Å². The summed E-state index contributed by atoms with van der Waals surface area (Å²) < 4.78 is 6.87. The number of halogens is 1. The summed E-state index contributed by atoms with van der Waals surface area (Å²) >= 11 is 2.28. The van der Waals surface area contributed by atoms with Gasteiger partial charge in [-0.1, -0.05) is 61.5 Å². The van der Waals surface area contributed by atoms with Crippen LogP contribution in [0.3, 0.4) is 0 Å². The SMILES string of the molecule is CO[C@H](c1ccc(I)cc1)[C@H](C)/C=C/CC(=O)N(CCO)Cc1ccccc1. The number of rotatable bonds is 10. The molecule has 0 heterocycles.